The first-order valence-electron chi connectivity index (χ1n) is 11.0. The third-order valence-corrected chi connectivity index (χ3v) is 7.64. The number of carbonyl (C=O) groups is 1. The summed E-state index contributed by atoms with van der Waals surface area (Å²) in [4.78, 5) is 30.7. The van der Waals surface area contributed by atoms with Gasteiger partial charge in [0.05, 0.1) is 17.5 Å². The van der Waals surface area contributed by atoms with Crippen molar-refractivity contribution in [2.24, 2.45) is 5.92 Å². The van der Waals surface area contributed by atoms with Crippen molar-refractivity contribution in [2.75, 3.05) is 19.3 Å². The quantitative estimate of drug-likeness (QED) is 0.182. The molecule has 8 unspecified atom stereocenters. The van der Waals surface area contributed by atoms with Crippen molar-refractivity contribution in [1.29, 1.82) is 0 Å². The van der Waals surface area contributed by atoms with Crippen molar-refractivity contribution < 1.29 is 38.6 Å². The zero-order valence-corrected chi connectivity index (χ0v) is 20.9. The molecule has 8 atom stereocenters. The maximum absolute atomic E-state index is 12.6. The van der Waals surface area contributed by atoms with Gasteiger partial charge in [0.2, 0.25) is 5.91 Å². The summed E-state index contributed by atoms with van der Waals surface area (Å²) in [6, 6.07) is -0.259. The summed E-state index contributed by atoms with van der Waals surface area (Å²) in [5, 5.41) is 26.3. The molecule has 2 saturated heterocycles. The molecule has 6 N–H and O–H groups in total. The van der Waals surface area contributed by atoms with E-state index in [9.17, 15) is 19.6 Å². The van der Waals surface area contributed by atoms with Crippen LogP contribution < -0.4 is 10.6 Å². The van der Waals surface area contributed by atoms with Gasteiger partial charge in [-0.2, -0.15) is 0 Å². The summed E-state index contributed by atoms with van der Waals surface area (Å²) in [6.07, 6.45) is 1.62. The number of aliphatic hydroxyl groups excluding tert-OH is 2. The first-order valence-corrected chi connectivity index (χ1v) is 14.2. The molecule has 0 aliphatic carbocycles. The Balaban J connectivity index is 1.83. The van der Waals surface area contributed by atoms with Crippen LogP contribution in [0.15, 0.2) is 0 Å². The molecule has 32 heavy (non-hydrogen) atoms. The molecule has 0 saturated carbocycles. The number of ether oxygens (including phenoxy) is 1. The van der Waals surface area contributed by atoms with E-state index >= 15 is 0 Å². The number of aliphatic hydroxyl groups is 2. The summed E-state index contributed by atoms with van der Waals surface area (Å²) < 4.78 is 21.5. The number of phosphoric acid groups is 1. The first-order chi connectivity index (χ1) is 15.1. The molecule has 0 aromatic heterocycles. The third-order valence-electron chi connectivity index (χ3n) is 5.94. The van der Waals surface area contributed by atoms with E-state index in [1.54, 1.807) is 6.26 Å². The lowest BCUT2D eigenvalue weighted by atomic mass is 9.94. The Labute approximate surface area is 198 Å². The van der Waals surface area contributed by atoms with Crippen LogP contribution in [0, 0.1) is 5.92 Å². The molecular formula is C19H36ClN2O8PS. The number of hydrogen-bond donors (Lipinski definition) is 6. The number of alkyl halides is 1. The highest BCUT2D eigenvalue weighted by Crippen LogP contribution is 2.43. The van der Waals surface area contributed by atoms with E-state index in [-0.39, 0.29) is 24.9 Å². The van der Waals surface area contributed by atoms with E-state index < -0.39 is 43.1 Å². The zero-order chi connectivity index (χ0) is 23.9. The Morgan fingerprint density at radius 3 is 2.66 bits per heavy atom. The Morgan fingerprint density at radius 1 is 1.31 bits per heavy atom. The molecule has 0 aromatic carbocycles. The van der Waals surface area contributed by atoms with E-state index in [0.29, 0.717) is 5.92 Å². The van der Waals surface area contributed by atoms with Gasteiger partial charge in [-0.25, -0.2) is 4.57 Å². The van der Waals surface area contributed by atoms with Crippen LogP contribution in [-0.4, -0.2) is 86.5 Å². The van der Waals surface area contributed by atoms with E-state index in [4.69, 9.17) is 26.1 Å². The summed E-state index contributed by atoms with van der Waals surface area (Å²) in [6.45, 7) is 3.13. The zero-order valence-electron chi connectivity index (χ0n) is 18.4. The molecule has 13 heteroatoms. The van der Waals surface area contributed by atoms with Crippen molar-refractivity contribution in [2.45, 2.75) is 86.7 Å². The molecule has 2 heterocycles. The van der Waals surface area contributed by atoms with Crippen LogP contribution in [0.2, 0.25) is 0 Å². The lowest BCUT2D eigenvalue weighted by Crippen LogP contribution is -2.57. The van der Waals surface area contributed by atoms with E-state index in [1.807, 2.05) is 0 Å². The van der Waals surface area contributed by atoms with E-state index in [2.05, 4.69) is 22.1 Å². The van der Waals surface area contributed by atoms with Gasteiger partial charge >= 0.3 is 7.82 Å². The van der Waals surface area contributed by atoms with Crippen LogP contribution in [0.5, 0.6) is 0 Å². The van der Waals surface area contributed by atoms with E-state index in [0.717, 1.165) is 44.0 Å². The molecule has 2 aliphatic rings. The van der Waals surface area contributed by atoms with Crippen molar-refractivity contribution in [3.8, 4) is 0 Å². The van der Waals surface area contributed by atoms with Gasteiger partial charge in [0.15, 0.2) is 0 Å². The van der Waals surface area contributed by atoms with Crippen LogP contribution in [-0.2, 0) is 18.6 Å². The minimum Gasteiger partial charge on any atom is -0.388 e. The van der Waals surface area contributed by atoms with Gasteiger partial charge in [-0.15, -0.1) is 23.4 Å². The van der Waals surface area contributed by atoms with Crippen molar-refractivity contribution >= 4 is 37.1 Å². The van der Waals surface area contributed by atoms with Gasteiger partial charge in [0.1, 0.15) is 23.7 Å². The third kappa shape index (κ3) is 8.69. The molecule has 2 fully saturated rings. The first kappa shape index (κ1) is 28.3. The number of thioether (sulfide) groups is 1. The molecule has 0 bridgehead atoms. The standard InChI is InChI=1S/C19H36ClN2O8PS/c1-3-4-11-5-6-13(21-8-7-11)18(25)22-10-12(20)9-14-15(23)16(24)17(19(29-14)32-2)30-31(26,27)28/h11-17,19,21,23-24H,3-10H2,1-2H3,(H,22,25)(H2,26,27,28). The molecule has 0 aromatic rings. The number of carbonyl (C=O) groups excluding carboxylic acids is 1. The normalized spacial score (nSPS) is 35.2. The summed E-state index contributed by atoms with van der Waals surface area (Å²) >= 11 is 7.46. The predicted octanol–water partition coefficient (Wildman–Crippen LogP) is 0.946. The molecule has 10 nitrogen and oxygen atoms in total. The topological polar surface area (TPSA) is 158 Å². The van der Waals surface area contributed by atoms with Crippen molar-refractivity contribution in [3.63, 3.8) is 0 Å². The maximum Gasteiger partial charge on any atom is 0.470 e. The van der Waals surface area contributed by atoms with Gasteiger partial charge in [-0.3, -0.25) is 9.32 Å². The van der Waals surface area contributed by atoms with Crippen LogP contribution in [0.4, 0.5) is 0 Å². The SMILES string of the molecule is CCCC1CCNC(C(=O)NCC(Cl)CC2OC(SC)C(OP(=O)(O)O)C(O)C2O)CC1. The fourth-order valence-electron chi connectivity index (χ4n) is 4.26. The number of phosphoric ester groups is 1. The Kier molecular flexibility index (Phi) is 11.7. The second-order valence-electron chi connectivity index (χ2n) is 8.43. The number of amides is 1. The largest absolute Gasteiger partial charge is 0.470 e. The van der Waals surface area contributed by atoms with Gasteiger partial charge < -0.3 is 35.4 Å². The molecule has 2 rings (SSSR count). The number of hydrogen-bond acceptors (Lipinski definition) is 8. The minimum atomic E-state index is -4.89. The summed E-state index contributed by atoms with van der Waals surface area (Å²) in [7, 11) is -4.89. The van der Waals surface area contributed by atoms with Crippen LogP contribution in [0.1, 0.15) is 45.4 Å². The summed E-state index contributed by atoms with van der Waals surface area (Å²) in [5.74, 6) is 0.528. The molecule has 1 amide bonds. The Hall–Kier alpha value is 0.0600. The van der Waals surface area contributed by atoms with Gasteiger partial charge in [0.25, 0.3) is 0 Å². The smallest absolute Gasteiger partial charge is 0.388 e. The van der Waals surface area contributed by atoms with Crippen LogP contribution >= 0.6 is 31.2 Å². The monoisotopic (exact) mass is 518 g/mol. The van der Waals surface area contributed by atoms with Crippen molar-refractivity contribution in [1.82, 2.24) is 10.6 Å². The van der Waals surface area contributed by atoms with Gasteiger partial charge in [-0.05, 0) is 44.4 Å². The summed E-state index contributed by atoms with van der Waals surface area (Å²) in [5.41, 5.74) is -0.907. The minimum absolute atomic E-state index is 0.116. The van der Waals surface area contributed by atoms with E-state index in [1.165, 1.54) is 6.42 Å². The highest BCUT2D eigenvalue weighted by atomic mass is 35.5. The lowest BCUT2D eigenvalue weighted by Gasteiger charge is -2.42. The van der Waals surface area contributed by atoms with Crippen LogP contribution in [0.3, 0.4) is 0 Å². The highest BCUT2D eigenvalue weighted by molar-refractivity contribution is 7.99. The Morgan fingerprint density at radius 2 is 2.03 bits per heavy atom. The second-order valence-corrected chi connectivity index (χ2v) is 11.2. The lowest BCUT2D eigenvalue weighted by molar-refractivity contribution is -0.195. The average Bonchev–Trinajstić information content (AvgIpc) is 2.97. The average molecular weight is 519 g/mol. The molecule has 2 aliphatic heterocycles. The van der Waals surface area contributed by atoms with Gasteiger partial charge in [-0.1, -0.05) is 19.8 Å². The number of halogens is 1. The van der Waals surface area contributed by atoms with Crippen molar-refractivity contribution in [3.05, 3.63) is 0 Å². The number of rotatable bonds is 10. The molecule has 0 radical (unpaired) electrons. The maximum atomic E-state index is 12.6. The van der Waals surface area contributed by atoms with Crippen LogP contribution in [0.25, 0.3) is 0 Å². The molecular weight excluding hydrogens is 483 g/mol. The number of nitrogens with one attached hydrogen (secondary N) is 2. The molecule has 0 spiro atoms. The van der Waals surface area contributed by atoms with Gasteiger partial charge in [0, 0.05) is 6.54 Å². The second kappa shape index (κ2) is 13.2. The Bertz CT molecular complexity index is 642. The fourth-order valence-corrected chi connectivity index (χ4v) is 5.89. The predicted molar refractivity (Wildman–Crippen MR) is 122 cm³/mol. The highest BCUT2D eigenvalue weighted by Gasteiger charge is 2.47. The molecule has 188 valence electrons. The fraction of sp³-hybridized carbons (Fsp3) is 0.947.